The molecule has 0 unspecified atom stereocenters. The van der Waals surface area contributed by atoms with Crippen LogP contribution in [0, 0.1) is 0 Å². The predicted octanol–water partition coefficient (Wildman–Crippen LogP) is 15.6. The Morgan fingerprint density at radius 3 is 1.75 bits per heavy atom. The highest BCUT2D eigenvalue weighted by Gasteiger charge is 2.18. The second-order valence-corrected chi connectivity index (χ2v) is 15.1. The van der Waals surface area contributed by atoms with E-state index in [0.29, 0.717) is 0 Å². The van der Waals surface area contributed by atoms with Gasteiger partial charge in [-0.15, -0.1) is 11.3 Å². The molecule has 3 heteroatoms. The van der Waals surface area contributed by atoms with E-state index in [4.69, 9.17) is 4.42 Å². The number of fused-ring (bicyclic) bond motifs is 8. The van der Waals surface area contributed by atoms with Gasteiger partial charge in [0.2, 0.25) is 0 Å². The van der Waals surface area contributed by atoms with Gasteiger partial charge < -0.3 is 9.32 Å². The molecule has 9 aromatic carbocycles. The van der Waals surface area contributed by atoms with Crippen molar-refractivity contribution in [2.75, 3.05) is 4.90 Å². The van der Waals surface area contributed by atoms with Gasteiger partial charge in [0.05, 0.1) is 0 Å². The van der Waals surface area contributed by atoms with Crippen molar-refractivity contribution in [2.45, 2.75) is 0 Å². The molecule has 0 aliphatic rings. The molecule has 2 nitrogen and oxygen atoms in total. The van der Waals surface area contributed by atoms with Crippen molar-refractivity contribution in [3.63, 3.8) is 0 Å². The summed E-state index contributed by atoms with van der Waals surface area (Å²) < 4.78 is 8.95. The van der Waals surface area contributed by atoms with Crippen molar-refractivity contribution in [3.8, 4) is 33.4 Å². The summed E-state index contributed by atoms with van der Waals surface area (Å²) in [7, 11) is 0. The van der Waals surface area contributed by atoms with Crippen LogP contribution in [0.1, 0.15) is 0 Å². The minimum Gasteiger partial charge on any atom is -0.456 e. The van der Waals surface area contributed by atoms with Crippen molar-refractivity contribution in [2.24, 2.45) is 0 Å². The summed E-state index contributed by atoms with van der Waals surface area (Å²) in [5.74, 6) is 0. The molecule has 2 heterocycles. The van der Waals surface area contributed by atoms with Gasteiger partial charge in [0.1, 0.15) is 11.2 Å². The van der Waals surface area contributed by atoms with E-state index in [-0.39, 0.29) is 0 Å². The second kappa shape index (κ2) is 12.9. The molecule has 0 amide bonds. The predicted molar refractivity (Wildman–Crippen MR) is 235 cm³/mol. The van der Waals surface area contributed by atoms with Gasteiger partial charge >= 0.3 is 0 Å². The van der Waals surface area contributed by atoms with Crippen molar-refractivity contribution in [1.29, 1.82) is 0 Å². The van der Waals surface area contributed by atoms with Gasteiger partial charge in [-0.1, -0.05) is 140 Å². The molecule has 0 atom stereocenters. The summed E-state index contributed by atoms with van der Waals surface area (Å²) in [6, 6.07) is 72.1. The van der Waals surface area contributed by atoms with E-state index in [1.54, 1.807) is 0 Å². The Kier molecular flexibility index (Phi) is 7.39. The fraction of sp³-hybridized carbons (Fsp3) is 0. The fourth-order valence-corrected chi connectivity index (χ4v) is 9.51. The average Bonchev–Trinajstić information content (AvgIpc) is 3.83. The molecule has 55 heavy (non-hydrogen) atoms. The van der Waals surface area contributed by atoms with E-state index < -0.39 is 0 Å². The monoisotopic (exact) mass is 719 g/mol. The van der Waals surface area contributed by atoms with Crippen LogP contribution in [-0.4, -0.2) is 0 Å². The molecule has 0 aliphatic carbocycles. The molecule has 2 aromatic heterocycles. The molecule has 0 saturated carbocycles. The van der Waals surface area contributed by atoms with Crippen LogP contribution < -0.4 is 4.90 Å². The van der Waals surface area contributed by atoms with E-state index >= 15 is 0 Å². The SMILES string of the molecule is c1ccc(-c2ccc(N(c3ccc(-c4cc5c6ccccc6sc5c5ccccc45)cc3)c3cccc(-c4cccc5oc6ccccc6c45)c3)cc2)cc1. The summed E-state index contributed by atoms with van der Waals surface area (Å²) >= 11 is 1.89. The largest absolute Gasteiger partial charge is 0.456 e. The van der Waals surface area contributed by atoms with E-state index in [9.17, 15) is 0 Å². The number of anilines is 3. The number of thiophene rings is 1. The van der Waals surface area contributed by atoms with Crippen molar-refractivity contribution in [3.05, 3.63) is 200 Å². The Hall–Kier alpha value is -6.94. The third-order valence-corrected chi connectivity index (χ3v) is 12.1. The normalized spacial score (nSPS) is 11.6. The first kappa shape index (κ1) is 31.6. The molecular formula is C52H33NOS. The fourth-order valence-electron chi connectivity index (χ4n) is 8.28. The molecule has 11 aromatic rings. The van der Waals surface area contributed by atoms with Crippen LogP contribution in [0.5, 0.6) is 0 Å². The second-order valence-electron chi connectivity index (χ2n) is 14.1. The van der Waals surface area contributed by atoms with E-state index in [2.05, 4.69) is 193 Å². The number of benzene rings is 9. The smallest absolute Gasteiger partial charge is 0.136 e. The van der Waals surface area contributed by atoms with E-state index in [0.717, 1.165) is 50.1 Å². The minimum atomic E-state index is 0.897. The molecule has 0 radical (unpaired) electrons. The topological polar surface area (TPSA) is 16.4 Å². The Labute approximate surface area is 322 Å². The van der Waals surface area contributed by atoms with E-state index in [1.807, 2.05) is 23.5 Å². The highest BCUT2D eigenvalue weighted by Crippen LogP contribution is 2.44. The standard InChI is InChI=1S/C52H33NOS/c1-2-12-34(13-3-1)35-24-28-38(29-25-35)53(40-15-10-14-37(32-40)41-20-11-22-49-51(41)45-19-6-8-21-48(45)54-49)39-30-26-36(27-31-39)46-33-47-43-17-7-9-23-50(43)55-52(47)44-18-5-4-16-42(44)46/h1-33H. The Morgan fingerprint density at radius 2 is 0.945 bits per heavy atom. The number of rotatable bonds is 6. The average molecular weight is 720 g/mol. The van der Waals surface area contributed by atoms with Crippen LogP contribution in [-0.2, 0) is 0 Å². The molecular weight excluding hydrogens is 687 g/mol. The lowest BCUT2D eigenvalue weighted by molar-refractivity contribution is 0.669. The lowest BCUT2D eigenvalue weighted by Gasteiger charge is -2.26. The highest BCUT2D eigenvalue weighted by molar-refractivity contribution is 7.26. The highest BCUT2D eigenvalue weighted by atomic mass is 32.1. The summed E-state index contributed by atoms with van der Waals surface area (Å²) in [5, 5.41) is 7.48. The van der Waals surface area contributed by atoms with Crippen molar-refractivity contribution in [1.82, 2.24) is 0 Å². The molecule has 0 aliphatic heterocycles. The summed E-state index contributed by atoms with van der Waals surface area (Å²) in [6.45, 7) is 0. The van der Waals surface area contributed by atoms with Crippen LogP contribution >= 0.6 is 11.3 Å². The first-order valence-corrected chi connectivity index (χ1v) is 19.5. The quantitative estimate of drug-likeness (QED) is 0.170. The van der Waals surface area contributed by atoms with Crippen LogP contribution in [0.4, 0.5) is 17.1 Å². The summed E-state index contributed by atoms with van der Waals surface area (Å²) in [6.07, 6.45) is 0. The third-order valence-electron chi connectivity index (χ3n) is 10.9. The van der Waals surface area contributed by atoms with Gasteiger partial charge in [0.15, 0.2) is 0 Å². The number of hydrogen-bond acceptors (Lipinski definition) is 3. The molecule has 0 bridgehead atoms. The Morgan fingerprint density at radius 1 is 0.345 bits per heavy atom. The van der Waals surface area contributed by atoms with Gasteiger partial charge in [-0.2, -0.15) is 0 Å². The Bertz CT molecular complexity index is 3190. The lowest BCUT2D eigenvalue weighted by atomic mass is 9.95. The molecule has 258 valence electrons. The lowest BCUT2D eigenvalue weighted by Crippen LogP contribution is -2.10. The van der Waals surface area contributed by atoms with Crippen LogP contribution in [0.3, 0.4) is 0 Å². The maximum atomic E-state index is 6.28. The Balaban J connectivity index is 1.06. The van der Waals surface area contributed by atoms with E-state index in [1.165, 1.54) is 53.2 Å². The molecule has 11 rings (SSSR count). The molecule has 0 N–H and O–H groups in total. The van der Waals surface area contributed by atoms with Gasteiger partial charge in [0.25, 0.3) is 0 Å². The first-order valence-electron chi connectivity index (χ1n) is 18.7. The van der Waals surface area contributed by atoms with Crippen LogP contribution in [0.2, 0.25) is 0 Å². The zero-order chi connectivity index (χ0) is 36.3. The zero-order valence-electron chi connectivity index (χ0n) is 29.8. The summed E-state index contributed by atoms with van der Waals surface area (Å²) in [5.41, 5.74) is 12.2. The van der Waals surface area contributed by atoms with Crippen LogP contribution in [0.15, 0.2) is 205 Å². The number of nitrogens with zero attached hydrogens (tertiary/aromatic N) is 1. The molecule has 0 saturated heterocycles. The summed E-state index contributed by atoms with van der Waals surface area (Å²) in [4.78, 5) is 2.36. The van der Waals surface area contributed by atoms with Gasteiger partial charge in [-0.25, -0.2) is 0 Å². The molecule has 0 spiro atoms. The van der Waals surface area contributed by atoms with Gasteiger partial charge in [-0.05, 0) is 99.4 Å². The number of furan rings is 1. The third kappa shape index (κ3) is 5.32. The van der Waals surface area contributed by atoms with Gasteiger partial charge in [0, 0.05) is 53.4 Å². The van der Waals surface area contributed by atoms with Crippen molar-refractivity contribution >= 4 is 81.3 Å². The zero-order valence-corrected chi connectivity index (χ0v) is 30.6. The maximum absolute atomic E-state index is 6.28. The van der Waals surface area contributed by atoms with Crippen LogP contribution in [0.25, 0.3) is 86.3 Å². The number of para-hydroxylation sites is 1. The van der Waals surface area contributed by atoms with Gasteiger partial charge in [-0.3, -0.25) is 0 Å². The maximum Gasteiger partial charge on any atom is 0.136 e. The van der Waals surface area contributed by atoms with Crippen molar-refractivity contribution < 1.29 is 4.42 Å². The number of hydrogen-bond donors (Lipinski definition) is 0. The minimum absolute atomic E-state index is 0.897. The molecule has 0 fully saturated rings. The first-order chi connectivity index (χ1) is 27.3.